The summed E-state index contributed by atoms with van der Waals surface area (Å²) in [6, 6.07) is 0. The van der Waals surface area contributed by atoms with Crippen LogP contribution >= 0.6 is 0 Å². The fraction of sp³-hybridized carbons (Fsp3) is 0. The van der Waals surface area contributed by atoms with Crippen LogP contribution in [0.1, 0.15) is 0 Å². The fourth-order valence-electron chi connectivity index (χ4n) is 0.304. The van der Waals surface area contributed by atoms with E-state index in [1.54, 1.807) is 0 Å². The van der Waals surface area contributed by atoms with Gasteiger partial charge in [0.1, 0.15) is 0 Å². The molecule has 1 rings (SSSR count). The molecule has 0 radical (unpaired) electrons. The normalized spacial score (nSPS) is 22.4. The Morgan fingerprint density at radius 3 is 2.80 bits per heavy atom. The SMILES string of the molecule is C1=C[SiH2]N=C1. The molecule has 0 atom stereocenters. The van der Waals surface area contributed by atoms with Crippen molar-refractivity contribution in [3.05, 3.63) is 11.8 Å². The van der Waals surface area contributed by atoms with Crippen LogP contribution in [0, 0.1) is 0 Å². The van der Waals surface area contributed by atoms with Crippen LogP contribution in [0.15, 0.2) is 16.4 Å². The number of hydrogen-bond acceptors (Lipinski definition) is 1. The van der Waals surface area contributed by atoms with Crippen molar-refractivity contribution in [1.82, 2.24) is 0 Å². The molecular formula is C3H5NSi. The van der Waals surface area contributed by atoms with E-state index in [0.29, 0.717) is 0 Å². The van der Waals surface area contributed by atoms with E-state index in [4.69, 9.17) is 0 Å². The minimum absolute atomic E-state index is 0.0679. The third kappa shape index (κ3) is 0.448. The average molecular weight is 83.2 g/mol. The molecule has 26 valence electrons. The maximum absolute atomic E-state index is 3.99. The van der Waals surface area contributed by atoms with Gasteiger partial charge in [-0.25, -0.2) is 0 Å². The van der Waals surface area contributed by atoms with Gasteiger partial charge in [0.15, 0.2) is 9.68 Å². The summed E-state index contributed by atoms with van der Waals surface area (Å²) >= 11 is 0. The van der Waals surface area contributed by atoms with Crippen LogP contribution < -0.4 is 0 Å². The molecule has 1 aliphatic rings. The molecule has 0 aromatic carbocycles. The van der Waals surface area contributed by atoms with Crippen molar-refractivity contribution in [3.63, 3.8) is 0 Å². The highest BCUT2D eigenvalue weighted by atomic mass is 28.2. The van der Waals surface area contributed by atoms with Gasteiger partial charge in [0.05, 0.1) is 0 Å². The molecule has 0 saturated carbocycles. The molecule has 0 aromatic rings. The molecule has 1 aliphatic heterocycles. The lowest BCUT2D eigenvalue weighted by Gasteiger charge is -1.57. The molecule has 1 nitrogen and oxygen atoms in total. The van der Waals surface area contributed by atoms with Crippen molar-refractivity contribution >= 4 is 15.9 Å². The van der Waals surface area contributed by atoms with E-state index in [2.05, 4.69) is 10.4 Å². The van der Waals surface area contributed by atoms with E-state index in [-0.39, 0.29) is 9.68 Å². The lowest BCUT2D eigenvalue weighted by Crippen LogP contribution is -1.63. The first-order valence-electron chi connectivity index (χ1n) is 1.65. The second-order valence-corrected chi connectivity index (χ2v) is 2.14. The van der Waals surface area contributed by atoms with E-state index in [1.165, 1.54) is 0 Å². The molecule has 0 unspecified atom stereocenters. The van der Waals surface area contributed by atoms with Crippen LogP contribution in [0.5, 0.6) is 0 Å². The first-order chi connectivity index (χ1) is 2.50. The molecule has 0 fully saturated rings. The first kappa shape index (κ1) is 2.84. The zero-order chi connectivity index (χ0) is 3.54. The predicted octanol–water partition coefficient (Wildman–Crippen LogP) is -0.332. The highest BCUT2D eigenvalue weighted by molar-refractivity contribution is 6.44. The highest BCUT2D eigenvalue weighted by Gasteiger charge is 1.74. The Kier molecular flexibility index (Phi) is 0.665. The van der Waals surface area contributed by atoms with Crippen LogP contribution in [0.25, 0.3) is 0 Å². The van der Waals surface area contributed by atoms with Gasteiger partial charge in [-0.2, -0.15) is 0 Å². The Balaban J connectivity index is 2.61. The zero-order valence-corrected chi connectivity index (χ0v) is 4.30. The van der Waals surface area contributed by atoms with E-state index < -0.39 is 0 Å². The molecule has 0 bridgehead atoms. The van der Waals surface area contributed by atoms with Gasteiger partial charge in [-0.05, 0) is 0 Å². The number of nitrogens with zero attached hydrogens (tertiary/aromatic N) is 1. The third-order valence-corrected chi connectivity index (χ3v) is 1.44. The van der Waals surface area contributed by atoms with Crippen molar-refractivity contribution in [2.45, 2.75) is 0 Å². The Labute approximate surface area is 33.3 Å². The van der Waals surface area contributed by atoms with Crippen LogP contribution in [-0.2, 0) is 0 Å². The predicted molar refractivity (Wildman–Crippen MR) is 26.2 cm³/mol. The van der Waals surface area contributed by atoms with Crippen LogP contribution in [-0.4, -0.2) is 15.9 Å². The van der Waals surface area contributed by atoms with Gasteiger partial charge in [-0.1, -0.05) is 11.8 Å². The second-order valence-electron chi connectivity index (χ2n) is 0.942. The largest absolute Gasteiger partial charge is 0.332 e. The van der Waals surface area contributed by atoms with E-state index in [0.717, 1.165) is 0 Å². The summed E-state index contributed by atoms with van der Waals surface area (Å²) in [5.74, 6) is 0. The molecule has 0 aromatic heterocycles. The number of hydrogen-bond donors (Lipinski definition) is 0. The maximum atomic E-state index is 3.99. The van der Waals surface area contributed by atoms with Crippen molar-refractivity contribution in [2.24, 2.45) is 4.66 Å². The van der Waals surface area contributed by atoms with Gasteiger partial charge in [0.2, 0.25) is 0 Å². The molecule has 0 amide bonds. The smallest absolute Gasteiger partial charge is 0.174 e. The Bertz CT molecular complexity index is 65.0. The van der Waals surface area contributed by atoms with Gasteiger partial charge in [0.25, 0.3) is 0 Å². The minimum atomic E-state index is -0.0679. The molecular weight excluding hydrogens is 78.1 g/mol. The second kappa shape index (κ2) is 1.17. The van der Waals surface area contributed by atoms with E-state index >= 15 is 0 Å². The lowest BCUT2D eigenvalue weighted by atomic mass is 10.7. The van der Waals surface area contributed by atoms with Gasteiger partial charge >= 0.3 is 0 Å². The maximum Gasteiger partial charge on any atom is 0.174 e. The summed E-state index contributed by atoms with van der Waals surface area (Å²) in [5.41, 5.74) is 2.15. The van der Waals surface area contributed by atoms with Crippen molar-refractivity contribution < 1.29 is 0 Å². The van der Waals surface area contributed by atoms with Crippen LogP contribution in [0.3, 0.4) is 0 Å². The van der Waals surface area contributed by atoms with Gasteiger partial charge in [-0.15, -0.1) is 0 Å². The summed E-state index contributed by atoms with van der Waals surface area (Å²) in [7, 11) is -0.0679. The molecule has 2 heteroatoms. The number of rotatable bonds is 0. The summed E-state index contributed by atoms with van der Waals surface area (Å²) in [6.45, 7) is 0. The monoisotopic (exact) mass is 83.0 g/mol. The molecule has 0 saturated heterocycles. The van der Waals surface area contributed by atoms with Crippen molar-refractivity contribution in [1.29, 1.82) is 0 Å². The quantitative estimate of drug-likeness (QED) is 0.356. The summed E-state index contributed by atoms with van der Waals surface area (Å²) < 4.78 is 3.99. The van der Waals surface area contributed by atoms with Crippen LogP contribution in [0.2, 0.25) is 0 Å². The average Bonchev–Trinajstić information content (AvgIpc) is 1.76. The van der Waals surface area contributed by atoms with Crippen LogP contribution in [0.4, 0.5) is 0 Å². The molecule has 0 N–H and O–H groups in total. The van der Waals surface area contributed by atoms with Crippen molar-refractivity contribution in [2.75, 3.05) is 0 Å². The lowest BCUT2D eigenvalue weighted by molar-refractivity contribution is 1.94. The zero-order valence-electron chi connectivity index (χ0n) is 2.89. The molecule has 0 aliphatic carbocycles. The topological polar surface area (TPSA) is 12.4 Å². The fourth-order valence-corrected chi connectivity index (χ4v) is 0.913. The third-order valence-electron chi connectivity index (χ3n) is 0.538. The minimum Gasteiger partial charge on any atom is -0.332 e. The first-order valence-corrected chi connectivity index (χ1v) is 3.10. The highest BCUT2D eigenvalue weighted by Crippen LogP contribution is 1.75. The van der Waals surface area contributed by atoms with E-state index in [1.807, 2.05) is 12.3 Å². The van der Waals surface area contributed by atoms with E-state index in [9.17, 15) is 0 Å². The Morgan fingerprint density at radius 1 is 1.60 bits per heavy atom. The van der Waals surface area contributed by atoms with Gasteiger partial charge < -0.3 is 4.66 Å². The standard InChI is InChI=1S/C3H5NSi/c1-2-4-5-3-1/h1-3H,5H2. The molecule has 0 spiro atoms. The van der Waals surface area contributed by atoms with Gasteiger partial charge in [-0.3, -0.25) is 0 Å². The summed E-state index contributed by atoms with van der Waals surface area (Å²) in [5, 5.41) is 0. The number of allylic oxidation sites excluding steroid dienone is 1. The molecule has 5 heavy (non-hydrogen) atoms. The van der Waals surface area contributed by atoms with Crippen molar-refractivity contribution in [3.8, 4) is 0 Å². The Morgan fingerprint density at radius 2 is 2.60 bits per heavy atom. The summed E-state index contributed by atoms with van der Waals surface area (Å²) in [4.78, 5) is 0. The van der Waals surface area contributed by atoms with Gasteiger partial charge in [0, 0.05) is 6.21 Å². The Hall–Kier alpha value is -0.373. The summed E-state index contributed by atoms with van der Waals surface area (Å²) in [6.07, 6.45) is 3.87. The molecule has 1 heterocycles.